The summed E-state index contributed by atoms with van der Waals surface area (Å²) in [5.41, 5.74) is 0.881. The van der Waals surface area contributed by atoms with Crippen LogP contribution in [0.2, 0.25) is 10.0 Å². The van der Waals surface area contributed by atoms with Crippen LogP contribution in [-0.2, 0) is 6.54 Å². The second-order valence-electron chi connectivity index (χ2n) is 4.36. The first-order valence-electron chi connectivity index (χ1n) is 5.66. The third-order valence-electron chi connectivity index (χ3n) is 3.13. The largest absolute Gasteiger partial charge is 0.314 e. The molecule has 0 radical (unpaired) electrons. The molecule has 0 aliphatic carbocycles. The van der Waals surface area contributed by atoms with Crippen LogP contribution in [0.25, 0.3) is 0 Å². The second-order valence-corrected chi connectivity index (χ2v) is 5.11. The monoisotopic (exact) mass is 312 g/mol. The fourth-order valence-electron chi connectivity index (χ4n) is 2.02. The number of nitrogens with one attached hydrogen (secondary N) is 1. The number of hydrogen-bond acceptors (Lipinski definition) is 2. The van der Waals surface area contributed by atoms with Crippen LogP contribution in [0, 0.1) is 5.82 Å². The van der Waals surface area contributed by atoms with Crippen LogP contribution < -0.4 is 5.32 Å². The molecule has 18 heavy (non-hydrogen) atoms. The molecule has 1 saturated heterocycles. The van der Waals surface area contributed by atoms with Crippen molar-refractivity contribution in [3.05, 3.63) is 33.6 Å². The maximum Gasteiger partial charge on any atom is 0.143 e. The molecule has 0 saturated carbocycles. The molecule has 2 nitrogen and oxygen atoms in total. The molecule has 1 aromatic rings. The van der Waals surface area contributed by atoms with Gasteiger partial charge in [0.05, 0.1) is 10.0 Å². The van der Waals surface area contributed by atoms with Crippen LogP contribution in [0.15, 0.2) is 12.1 Å². The Kier molecular flexibility index (Phi) is 6.15. The van der Waals surface area contributed by atoms with E-state index in [0.29, 0.717) is 17.6 Å². The Morgan fingerprint density at radius 2 is 2.11 bits per heavy atom. The highest BCUT2D eigenvalue weighted by Crippen LogP contribution is 2.29. The average Bonchev–Trinajstić information content (AvgIpc) is 2.32. The van der Waals surface area contributed by atoms with Crippen molar-refractivity contribution in [2.75, 3.05) is 19.6 Å². The Morgan fingerprint density at radius 3 is 2.78 bits per heavy atom. The summed E-state index contributed by atoms with van der Waals surface area (Å²) in [6.45, 7) is 5.77. The lowest BCUT2D eigenvalue weighted by Gasteiger charge is -2.34. The standard InChI is InChI=1S/C12H15Cl2FN2.ClH/c1-8-6-16-4-5-17(8)7-9-2-3-10(15)12(14)11(9)13;/h2-3,8,16H,4-7H2,1H3;1H. The molecule has 0 amide bonds. The van der Waals surface area contributed by atoms with Gasteiger partial charge >= 0.3 is 0 Å². The fourth-order valence-corrected chi connectivity index (χ4v) is 2.42. The van der Waals surface area contributed by atoms with Crippen molar-refractivity contribution in [1.82, 2.24) is 10.2 Å². The molecule has 1 heterocycles. The number of piperazine rings is 1. The normalized spacial score (nSPS) is 20.6. The smallest absolute Gasteiger partial charge is 0.143 e. The Bertz CT molecular complexity index is 415. The lowest BCUT2D eigenvalue weighted by atomic mass is 10.1. The van der Waals surface area contributed by atoms with Crippen molar-refractivity contribution in [2.45, 2.75) is 19.5 Å². The van der Waals surface area contributed by atoms with Gasteiger partial charge in [0.15, 0.2) is 0 Å². The number of halogens is 4. The number of hydrogen-bond donors (Lipinski definition) is 1. The fraction of sp³-hybridized carbons (Fsp3) is 0.500. The van der Waals surface area contributed by atoms with Crippen molar-refractivity contribution in [1.29, 1.82) is 0 Å². The van der Waals surface area contributed by atoms with Gasteiger partial charge in [0, 0.05) is 32.2 Å². The van der Waals surface area contributed by atoms with E-state index in [1.165, 1.54) is 6.07 Å². The van der Waals surface area contributed by atoms with Gasteiger partial charge in [0.1, 0.15) is 5.82 Å². The number of nitrogens with zero attached hydrogens (tertiary/aromatic N) is 1. The minimum absolute atomic E-state index is 0. The predicted molar refractivity (Wildman–Crippen MR) is 76.4 cm³/mol. The Labute approximate surface area is 123 Å². The van der Waals surface area contributed by atoms with Gasteiger partial charge in [-0.3, -0.25) is 4.90 Å². The zero-order valence-electron chi connectivity index (χ0n) is 10.0. The first-order chi connectivity index (χ1) is 8.09. The van der Waals surface area contributed by atoms with Crippen molar-refractivity contribution >= 4 is 35.6 Å². The van der Waals surface area contributed by atoms with Crippen molar-refractivity contribution < 1.29 is 4.39 Å². The molecule has 1 aromatic carbocycles. The summed E-state index contributed by atoms with van der Waals surface area (Å²) in [4.78, 5) is 2.31. The average molecular weight is 314 g/mol. The molecule has 1 N–H and O–H groups in total. The van der Waals surface area contributed by atoms with Crippen LogP contribution in [0.4, 0.5) is 4.39 Å². The molecule has 1 fully saturated rings. The van der Waals surface area contributed by atoms with Gasteiger partial charge in [-0.1, -0.05) is 29.3 Å². The van der Waals surface area contributed by atoms with Gasteiger partial charge in [-0.05, 0) is 18.6 Å². The van der Waals surface area contributed by atoms with Crippen molar-refractivity contribution in [2.24, 2.45) is 0 Å². The molecular weight excluding hydrogens is 298 g/mol. The minimum Gasteiger partial charge on any atom is -0.314 e. The van der Waals surface area contributed by atoms with Crippen molar-refractivity contribution in [3.8, 4) is 0 Å². The first-order valence-corrected chi connectivity index (χ1v) is 6.42. The van der Waals surface area contributed by atoms with Crippen LogP contribution in [-0.4, -0.2) is 30.6 Å². The summed E-state index contributed by atoms with van der Waals surface area (Å²) < 4.78 is 13.2. The Morgan fingerprint density at radius 1 is 1.39 bits per heavy atom. The summed E-state index contributed by atoms with van der Waals surface area (Å²) >= 11 is 11.9. The van der Waals surface area contributed by atoms with E-state index in [0.717, 1.165) is 25.2 Å². The molecule has 2 rings (SSSR count). The molecule has 0 spiro atoms. The van der Waals surface area contributed by atoms with Crippen LogP contribution in [0.1, 0.15) is 12.5 Å². The SMILES string of the molecule is CC1CNCCN1Cc1ccc(F)c(Cl)c1Cl.Cl. The summed E-state index contributed by atoms with van der Waals surface area (Å²) in [7, 11) is 0. The molecule has 0 aromatic heterocycles. The molecule has 1 aliphatic heterocycles. The van der Waals surface area contributed by atoms with Crippen LogP contribution in [0.5, 0.6) is 0 Å². The number of benzene rings is 1. The van der Waals surface area contributed by atoms with Gasteiger partial charge in [-0.15, -0.1) is 12.4 Å². The van der Waals surface area contributed by atoms with E-state index < -0.39 is 5.82 Å². The summed E-state index contributed by atoms with van der Waals surface area (Å²) in [5.74, 6) is -0.464. The van der Waals surface area contributed by atoms with Crippen LogP contribution in [0.3, 0.4) is 0 Å². The molecule has 0 bridgehead atoms. The van der Waals surface area contributed by atoms with E-state index in [1.54, 1.807) is 6.07 Å². The molecule has 102 valence electrons. The molecule has 1 atom stereocenters. The summed E-state index contributed by atoms with van der Waals surface area (Å²) in [5, 5.41) is 3.68. The highest BCUT2D eigenvalue weighted by Gasteiger charge is 2.20. The van der Waals surface area contributed by atoms with E-state index in [2.05, 4.69) is 17.1 Å². The Hall–Kier alpha value is -0.0600. The zero-order chi connectivity index (χ0) is 12.4. The summed E-state index contributed by atoms with van der Waals surface area (Å²) in [6.07, 6.45) is 0. The Balaban J connectivity index is 0.00000162. The van der Waals surface area contributed by atoms with Gasteiger partial charge in [0.2, 0.25) is 0 Å². The van der Waals surface area contributed by atoms with Crippen LogP contribution >= 0.6 is 35.6 Å². The van der Waals surface area contributed by atoms with E-state index in [-0.39, 0.29) is 17.4 Å². The topological polar surface area (TPSA) is 15.3 Å². The molecule has 6 heteroatoms. The highest BCUT2D eigenvalue weighted by molar-refractivity contribution is 6.42. The van der Waals surface area contributed by atoms with Gasteiger partial charge in [-0.25, -0.2) is 4.39 Å². The second kappa shape index (κ2) is 6.92. The third-order valence-corrected chi connectivity index (χ3v) is 4.03. The zero-order valence-corrected chi connectivity index (χ0v) is 12.4. The van der Waals surface area contributed by atoms with E-state index in [9.17, 15) is 4.39 Å². The number of rotatable bonds is 2. The van der Waals surface area contributed by atoms with E-state index >= 15 is 0 Å². The van der Waals surface area contributed by atoms with E-state index in [1.807, 2.05) is 0 Å². The quantitative estimate of drug-likeness (QED) is 0.842. The highest BCUT2D eigenvalue weighted by atomic mass is 35.5. The maximum absolute atomic E-state index is 13.2. The molecule has 1 aliphatic rings. The van der Waals surface area contributed by atoms with Crippen molar-refractivity contribution in [3.63, 3.8) is 0 Å². The van der Waals surface area contributed by atoms with Gasteiger partial charge in [0.25, 0.3) is 0 Å². The van der Waals surface area contributed by atoms with E-state index in [4.69, 9.17) is 23.2 Å². The lowest BCUT2D eigenvalue weighted by Crippen LogP contribution is -2.49. The first kappa shape index (κ1) is 16.0. The van der Waals surface area contributed by atoms with Gasteiger partial charge < -0.3 is 5.32 Å². The minimum atomic E-state index is -0.464. The lowest BCUT2D eigenvalue weighted by molar-refractivity contribution is 0.165. The summed E-state index contributed by atoms with van der Waals surface area (Å²) in [6, 6.07) is 3.53. The predicted octanol–water partition coefficient (Wildman–Crippen LogP) is 3.35. The maximum atomic E-state index is 13.2. The third kappa shape index (κ3) is 3.49. The molecule has 1 unspecified atom stereocenters. The van der Waals surface area contributed by atoms with Gasteiger partial charge in [-0.2, -0.15) is 0 Å². The molecular formula is C12H16Cl3FN2.